The molecule has 0 unspecified atom stereocenters. The molecule has 0 spiro atoms. The molecule has 0 aromatic carbocycles. The maximum absolute atomic E-state index is 13.1. The highest BCUT2D eigenvalue weighted by Gasteiger charge is 2.34. The number of carboxylic acids is 1. The van der Waals surface area contributed by atoms with Gasteiger partial charge in [0.05, 0.1) is 17.9 Å². The number of carbonyl (C=O) groups is 1. The van der Waals surface area contributed by atoms with Crippen LogP contribution in [0.5, 0.6) is 0 Å². The summed E-state index contributed by atoms with van der Waals surface area (Å²) in [5.41, 5.74) is 0. The van der Waals surface area contributed by atoms with Gasteiger partial charge in [0.1, 0.15) is 6.17 Å². The fourth-order valence-corrected chi connectivity index (χ4v) is 3.01. The van der Waals surface area contributed by atoms with E-state index in [9.17, 15) is 17.6 Å². The summed E-state index contributed by atoms with van der Waals surface area (Å²) in [6.07, 6.45) is -1.68. The summed E-state index contributed by atoms with van der Waals surface area (Å²) in [6, 6.07) is 0. The van der Waals surface area contributed by atoms with Gasteiger partial charge >= 0.3 is 5.97 Å². The van der Waals surface area contributed by atoms with Crippen molar-refractivity contribution in [1.29, 1.82) is 0 Å². The first-order chi connectivity index (χ1) is 5.91. The number of alkyl halides is 1. The van der Waals surface area contributed by atoms with Crippen molar-refractivity contribution in [1.82, 2.24) is 0 Å². The molecular formula is C7H11FO4S. The summed E-state index contributed by atoms with van der Waals surface area (Å²) in [6.45, 7) is 0. The molecule has 1 N–H and O–H groups in total. The van der Waals surface area contributed by atoms with Crippen LogP contribution in [0.15, 0.2) is 0 Å². The standard InChI is InChI=1S/C7H11FO4S/c8-6-4-13(11,12)2-1-5(6)3-7(9)10/h5-6H,1-4H2,(H,9,10)/t5-,6-/m1/s1. The van der Waals surface area contributed by atoms with Gasteiger partial charge < -0.3 is 5.11 Å². The van der Waals surface area contributed by atoms with E-state index in [2.05, 4.69) is 0 Å². The third-order valence-electron chi connectivity index (χ3n) is 2.16. The first-order valence-electron chi connectivity index (χ1n) is 3.97. The Morgan fingerprint density at radius 1 is 1.54 bits per heavy atom. The number of carboxylic acid groups (broad SMARTS) is 1. The largest absolute Gasteiger partial charge is 0.481 e. The lowest BCUT2D eigenvalue weighted by molar-refractivity contribution is -0.138. The van der Waals surface area contributed by atoms with Crippen LogP contribution in [0.2, 0.25) is 0 Å². The van der Waals surface area contributed by atoms with Crippen LogP contribution in [-0.4, -0.2) is 37.2 Å². The average molecular weight is 210 g/mol. The summed E-state index contributed by atoms with van der Waals surface area (Å²) < 4.78 is 34.9. The van der Waals surface area contributed by atoms with Crippen LogP contribution in [0.4, 0.5) is 4.39 Å². The molecule has 1 heterocycles. The van der Waals surface area contributed by atoms with Gasteiger partial charge in [0, 0.05) is 5.92 Å². The average Bonchev–Trinajstić information content (AvgIpc) is 1.93. The second kappa shape index (κ2) is 3.61. The molecule has 1 aliphatic heterocycles. The fraction of sp³-hybridized carbons (Fsp3) is 0.857. The van der Waals surface area contributed by atoms with Crippen LogP contribution in [0, 0.1) is 5.92 Å². The maximum atomic E-state index is 13.1. The first kappa shape index (κ1) is 10.4. The van der Waals surface area contributed by atoms with Crippen molar-refractivity contribution in [2.75, 3.05) is 11.5 Å². The van der Waals surface area contributed by atoms with E-state index in [0.29, 0.717) is 0 Å². The van der Waals surface area contributed by atoms with E-state index >= 15 is 0 Å². The summed E-state index contributed by atoms with van der Waals surface area (Å²) in [4.78, 5) is 10.3. The molecule has 1 saturated heterocycles. The SMILES string of the molecule is O=C(O)C[C@H]1CCS(=O)(=O)C[C@H]1F. The molecule has 2 atom stereocenters. The van der Waals surface area contributed by atoms with Gasteiger partial charge in [-0.1, -0.05) is 0 Å². The van der Waals surface area contributed by atoms with Gasteiger partial charge in [-0.15, -0.1) is 0 Å². The van der Waals surface area contributed by atoms with Crippen LogP contribution in [0.1, 0.15) is 12.8 Å². The number of hydrogen-bond acceptors (Lipinski definition) is 3. The molecule has 76 valence electrons. The second-order valence-corrected chi connectivity index (χ2v) is 5.51. The number of rotatable bonds is 2. The highest BCUT2D eigenvalue weighted by Crippen LogP contribution is 2.24. The van der Waals surface area contributed by atoms with Crippen molar-refractivity contribution in [2.24, 2.45) is 5.92 Å². The van der Waals surface area contributed by atoms with Crippen molar-refractivity contribution in [3.05, 3.63) is 0 Å². The van der Waals surface area contributed by atoms with Crippen LogP contribution in [-0.2, 0) is 14.6 Å². The van der Waals surface area contributed by atoms with Crippen LogP contribution >= 0.6 is 0 Å². The van der Waals surface area contributed by atoms with E-state index in [0.717, 1.165) is 0 Å². The van der Waals surface area contributed by atoms with E-state index in [-0.39, 0.29) is 18.6 Å². The van der Waals surface area contributed by atoms with Gasteiger partial charge in [-0.25, -0.2) is 12.8 Å². The monoisotopic (exact) mass is 210 g/mol. The minimum Gasteiger partial charge on any atom is -0.481 e. The molecule has 0 aliphatic carbocycles. The van der Waals surface area contributed by atoms with Crippen molar-refractivity contribution in [3.8, 4) is 0 Å². The van der Waals surface area contributed by atoms with Gasteiger partial charge in [0.2, 0.25) is 0 Å². The van der Waals surface area contributed by atoms with Crippen LogP contribution < -0.4 is 0 Å². The highest BCUT2D eigenvalue weighted by molar-refractivity contribution is 7.91. The zero-order valence-electron chi connectivity index (χ0n) is 6.94. The zero-order chi connectivity index (χ0) is 10.1. The van der Waals surface area contributed by atoms with Crippen molar-refractivity contribution < 1.29 is 22.7 Å². The normalized spacial score (nSPS) is 32.7. The number of aliphatic carboxylic acids is 1. The minimum absolute atomic E-state index is 0.0919. The Morgan fingerprint density at radius 2 is 2.15 bits per heavy atom. The molecule has 1 rings (SSSR count). The molecule has 0 bridgehead atoms. The molecule has 1 fully saturated rings. The summed E-state index contributed by atoms with van der Waals surface area (Å²) in [5.74, 6) is -2.33. The smallest absolute Gasteiger partial charge is 0.303 e. The number of halogens is 1. The quantitative estimate of drug-likeness (QED) is 0.708. The number of hydrogen-bond donors (Lipinski definition) is 1. The van der Waals surface area contributed by atoms with Crippen LogP contribution in [0.3, 0.4) is 0 Å². The van der Waals surface area contributed by atoms with Crippen LogP contribution in [0.25, 0.3) is 0 Å². The lowest BCUT2D eigenvalue weighted by atomic mass is 9.97. The van der Waals surface area contributed by atoms with Gasteiger partial charge in [-0.05, 0) is 6.42 Å². The van der Waals surface area contributed by atoms with E-state index in [1.54, 1.807) is 0 Å². The molecule has 1 aliphatic rings. The summed E-state index contributed by atoms with van der Waals surface area (Å²) >= 11 is 0. The fourth-order valence-electron chi connectivity index (χ4n) is 1.43. The maximum Gasteiger partial charge on any atom is 0.303 e. The van der Waals surface area contributed by atoms with E-state index in [1.165, 1.54) is 0 Å². The van der Waals surface area contributed by atoms with Gasteiger partial charge in [0.15, 0.2) is 9.84 Å². The van der Waals surface area contributed by atoms with Crippen molar-refractivity contribution in [2.45, 2.75) is 19.0 Å². The Labute approximate surface area is 75.7 Å². The molecule has 0 amide bonds. The summed E-state index contributed by atoms with van der Waals surface area (Å²) in [5, 5.41) is 8.40. The molecule has 13 heavy (non-hydrogen) atoms. The zero-order valence-corrected chi connectivity index (χ0v) is 7.76. The molecule has 0 aromatic rings. The predicted molar refractivity (Wildman–Crippen MR) is 43.9 cm³/mol. The molecule has 0 saturated carbocycles. The number of sulfone groups is 1. The van der Waals surface area contributed by atoms with Gasteiger partial charge in [0.25, 0.3) is 0 Å². The lowest BCUT2D eigenvalue weighted by Gasteiger charge is -2.24. The Bertz CT molecular complexity index is 298. The molecule has 0 aromatic heterocycles. The predicted octanol–water partition coefficient (Wildman–Crippen LogP) is 0.234. The molecule has 6 heteroatoms. The molecule has 4 nitrogen and oxygen atoms in total. The second-order valence-electron chi connectivity index (χ2n) is 3.28. The first-order valence-corrected chi connectivity index (χ1v) is 5.79. The Morgan fingerprint density at radius 3 is 2.62 bits per heavy atom. The Hall–Kier alpha value is -0.650. The minimum atomic E-state index is -3.27. The Kier molecular flexibility index (Phi) is 2.90. The van der Waals surface area contributed by atoms with Gasteiger partial charge in [-0.2, -0.15) is 0 Å². The third-order valence-corrected chi connectivity index (χ3v) is 3.85. The third kappa shape index (κ3) is 2.95. The molecular weight excluding hydrogens is 199 g/mol. The van der Waals surface area contributed by atoms with E-state index < -0.39 is 33.6 Å². The van der Waals surface area contributed by atoms with Gasteiger partial charge in [-0.3, -0.25) is 4.79 Å². The molecule has 0 radical (unpaired) electrons. The highest BCUT2D eigenvalue weighted by atomic mass is 32.2. The summed E-state index contributed by atoms with van der Waals surface area (Å²) in [7, 11) is -3.27. The lowest BCUT2D eigenvalue weighted by Crippen LogP contribution is -2.35. The van der Waals surface area contributed by atoms with Crippen molar-refractivity contribution in [3.63, 3.8) is 0 Å². The Balaban J connectivity index is 2.59. The topological polar surface area (TPSA) is 71.4 Å². The van der Waals surface area contributed by atoms with E-state index in [4.69, 9.17) is 5.11 Å². The van der Waals surface area contributed by atoms with E-state index in [1.807, 2.05) is 0 Å². The van der Waals surface area contributed by atoms with Crippen molar-refractivity contribution >= 4 is 15.8 Å².